The van der Waals surface area contributed by atoms with Crippen LogP contribution in [0.2, 0.25) is 0 Å². The van der Waals surface area contributed by atoms with Crippen LogP contribution in [-0.2, 0) is 9.53 Å². The average molecular weight is 345 g/mol. The number of thioether (sulfide) groups is 1. The van der Waals surface area contributed by atoms with Crippen molar-refractivity contribution in [2.75, 3.05) is 12.4 Å². The standard InChI is InChI=1S/C17H12FNO4S/c18-12-5-3-4-11(8-12)14(20)9-22-16(21)10-24-17-19-13-6-1-2-7-15(13)23-17/h1-8H,9-10H2. The summed E-state index contributed by atoms with van der Waals surface area (Å²) in [6.07, 6.45) is 0. The van der Waals surface area contributed by atoms with E-state index in [1.54, 1.807) is 12.1 Å². The highest BCUT2D eigenvalue weighted by molar-refractivity contribution is 7.99. The summed E-state index contributed by atoms with van der Waals surface area (Å²) in [6.45, 7) is -0.434. The Labute approximate surface area is 140 Å². The van der Waals surface area contributed by atoms with Gasteiger partial charge >= 0.3 is 5.97 Å². The number of nitrogens with zero attached hydrogens (tertiary/aromatic N) is 1. The summed E-state index contributed by atoms with van der Waals surface area (Å²) in [6, 6.07) is 12.5. The predicted octanol–water partition coefficient (Wildman–Crippen LogP) is 3.49. The van der Waals surface area contributed by atoms with Crippen molar-refractivity contribution in [3.05, 3.63) is 59.9 Å². The fraction of sp³-hybridized carbons (Fsp3) is 0.118. The predicted molar refractivity (Wildman–Crippen MR) is 86.4 cm³/mol. The third kappa shape index (κ3) is 3.99. The van der Waals surface area contributed by atoms with Crippen molar-refractivity contribution in [1.82, 2.24) is 4.98 Å². The number of aromatic nitrogens is 1. The van der Waals surface area contributed by atoms with Crippen LogP contribution in [0, 0.1) is 5.82 Å². The second kappa shape index (κ2) is 7.27. The zero-order valence-electron chi connectivity index (χ0n) is 12.4. The van der Waals surface area contributed by atoms with Crippen LogP contribution >= 0.6 is 11.8 Å². The van der Waals surface area contributed by atoms with Crippen LogP contribution in [0.1, 0.15) is 10.4 Å². The second-order valence-corrected chi connectivity index (χ2v) is 5.76. The van der Waals surface area contributed by atoms with Gasteiger partial charge in [0, 0.05) is 5.56 Å². The van der Waals surface area contributed by atoms with Gasteiger partial charge in [0.15, 0.2) is 18.0 Å². The maximum absolute atomic E-state index is 13.0. The fourth-order valence-electron chi connectivity index (χ4n) is 1.97. The average Bonchev–Trinajstić information content (AvgIpc) is 3.00. The molecule has 0 fully saturated rings. The molecule has 0 saturated carbocycles. The largest absolute Gasteiger partial charge is 0.457 e. The van der Waals surface area contributed by atoms with Crippen LogP contribution in [0.15, 0.2) is 58.2 Å². The lowest BCUT2D eigenvalue weighted by Gasteiger charge is -2.03. The van der Waals surface area contributed by atoms with E-state index in [2.05, 4.69) is 4.98 Å². The summed E-state index contributed by atoms with van der Waals surface area (Å²) in [7, 11) is 0. The quantitative estimate of drug-likeness (QED) is 0.387. The first-order chi connectivity index (χ1) is 11.6. The van der Waals surface area contributed by atoms with E-state index in [4.69, 9.17) is 9.15 Å². The lowest BCUT2D eigenvalue weighted by Crippen LogP contribution is -2.15. The van der Waals surface area contributed by atoms with Gasteiger partial charge in [0.05, 0.1) is 0 Å². The van der Waals surface area contributed by atoms with E-state index < -0.39 is 24.2 Å². The molecule has 24 heavy (non-hydrogen) atoms. The van der Waals surface area contributed by atoms with Gasteiger partial charge in [-0.05, 0) is 24.3 Å². The number of benzene rings is 2. The molecule has 122 valence electrons. The van der Waals surface area contributed by atoms with Crippen LogP contribution in [0.4, 0.5) is 4.39 Å². The van der Waals surface area contributed by atoms with E-state index in [9.17, 15) is 14.0 Å². The molecule has 0 aliphatic heterocycles. The van der Waals surface area contributed by atoms with Crippen LogP contribution in [-0.4, -0.2) is 29.1 Å². The SMILES string of the molecule is O=C(CSc1nc2ccccc2o1)OCC(=O)c1cccc(F)c1. The Morgan fingerprint density at radius 3 is 2.79 bits per heavy atom. The molecular weight excluding hydrogens is 333 g/mol. The number of fused-ring (bicyclic) bond motifs is 1. The summed E-state index contributed by atoms with van der Waals surface area (Å²) in [5.41, 5.74) is 1.50. The molecule has 0 aliphatic carbocycles. The Morgan fingerprint density at radius 2 is 2.00 bits per heavy atom. The molecule has 3 aromatic rings. The Morgan fingerprint density at radius 1 is 1.17 bits per heavy atom. The van der Waals surface area contributed by atoms with Gasteiger partial charge in [0.1, 0.15) is 17.1 Å². The summed E-state index contributed by atoms with van der Waals surface area (Å²) < 4.78 is 23.4. The first-order valence-electron chi connectivity index (χ1n) is 7.04. The van der Waals surface area contributed by atoms with Crippen molar-refractivity contribution in [1.29, 1.82) is 0 Å². The van der Waals surface area contributed by atoms with Gasteiger partial charge in [-0.25, -0.2) is 9.37 Å². The van der Waals surface area contributed by atoms with Crippen molar-refractivity contribution in [2.45, 2.75) is 5.22 Å². The van der Waals surface area contributed by atoms with E-state index in [-0.39, 0.29) is 11.3 Å². The van der Waals surface area contributed by atoms with E-state index in [0.29, 0.717) is 16.3 Å². The number of ether oxygens (including phenoxy) is 1. The van der Waals surface area contributed by atoms with Gasteiger partial charge < -0.3 is 9.15 Å². The number of esters is 1. The summed E-state index contributed by atoms with van der Waals surface area (Å²) >= 11 is 1.08. The molecule has 5 nitrogen and oxygen atoms in total. The molecule has 0 unspecified atom stereocenters. The zero-order valence-corrected chi connectivity index (χ0v) is 13.2. The summed E-state index contributed by atoms with van der Waals surface area (Å²) in [5, 5.41) is 0.351. The Hall–Kier alpha value is -2.67. The highest BCUT2D eigenvalue weighted by atomic mass is 32.2. The lowest BCUT2D eigenvalue weighted by molar-refractivity contribution is -0.139. The minimum atomic E-state index is -0.577. The fourth-order valence-corrected chi connectivity index (χ4v) is 2.60. The minimum absolute atomic E-state index is 0.0384. The number of halogens is 1. The Kier molecular flexibility index (Phi) is 4.90. The van der Waals surface area contributed by atoms with Crippen LogP contribution < -0.4 is 0 Å². The minimum Gasteiger partial charge on any atom is -0.457 e. The normalized spacial score (nSPS) is 10.7. The van der Waals surface area contributed by atoms with E-state index >= 15 is 0 Å². The first-order valence-corrected chi connectivity index (χ1v) is 8.03. The highest BCUT2D eigenvalue weighted by Gasteiger charge is 2.13. The number of oxazole rings is 1. The molecule has 0 amide bonds. The molecule has 0 saturated heterocycles. The topological polar surface area (TPSA) is 69.4 Å². The zero-order chi connectivity index (χ0) is 16.9. The van der Waals surface area contributed by atoms with Gasteiger partial charge in [0.25, 0.3) is 5.22 Å². The smallest absolute Gasteiger partial charge is 0.316 e. The van der Waals surface area contributed by atoms with Gasteiger partial charge in [-0.15, -0.1) is 0 Å². The molecule has 0 bridgehead atoms. The second-order valence-electron chi connectivity index (χ2n) is 4.83. The van der Waals surface area contributed by atoms with Crippen molar-refractivity contribution in [3.63, 3.8) is 0 Å². The number of rotatable bonds is 6. The summed E-state index contributed by atoms with van der Waals surface area (Å²) in [4.78, 5) is 27.7. The first kappa shape index (κ1) is 16.2. The van der Waals surface area contributed by atoms with Crippen molar-refractivity contribution < 1.29 is 23.1 Å². The van der Waals surface area contributed by atoms with E-state index in [1.807, 2.05) is 12.1 Å². The molecule has 0 radical (unpaired) electrons. The third-order valence-electron chi connectivity index (χ3n) is 3.10. The number of hydrogen-bond acceptors (Lipinski definition) is 6. The molecule has 1 heterocycles. The number of carbonyl (C=O) groups is 2. The van der Waals surface area contributed by atoms with E-state index in [0.717, 1.165) is 17.8 Å². The molecule has 0 spiro atoms. The number of para-hydroxylation sites is 2. The van der Waals surface area contributed by atoms with Crippen LogP contribution in [0.3, 0.4) is 0 Å². The Balaban J connectivity index is 1.49. The number of Topliss-reactive ketones (excluding diaryl/α,β-unsaturated/α-hetero) is 1. The molecule has 0 N–H and O–H groups in total. The lowest BCUT2D eigenvalue weighted by atomic mass is 10.1. The number of ketones is 1. The van der Waals surface area contributed by atoms with Crippen molar-refractivity contribution in [2.24, 2.45) is 0 Å². The van der Waals surface area contributed by atoms with E-state index in [1.165, 1.54) is 18.2 Å². The molecule has 1 aromatic heterocycles. The maximum atomic E-state index is 13.0. The highest BCUT2D eigenvalue weighted by Crippen LogP contribution is 2.23. The van der Waals surface area contributed by atoms with Gasteiger partial charge in [0.2, 0.25) is 0 Å². The van der Waals surface area contributed by atoms with Gasteiger partial charge in [-0.2, -0.15) is 0 Å². The third-order valence-corrected chi connectivity index (χ3v) is 3.90. The molecule has 3 rings (SSSR count). The monoisotopic (exact) mass is 345 g/mol. The molecule has 0 aliphatic rings. The molecule has 7 heteroatoms. The number of carbonyl (C=O) groups excluding carboxylic acids is 2. The van der Waals surface area contributed by atoms with Gasteiger partial charge in [-0.3, -0.25) is 9.59 Å². The summed E-state index contributed by atoms with van der Waals surface area (Å²) in [5.74, 6) is -1.59. The molecule has 2 aromatic carbocycles. The molecule has 0 atom stereocenters. The molecular formula is C17H12FNO4S. The Bertz CT molecular complexity index is 860. The maximum Gasteiger partial charge on any atom is 0.316 e. The number of hydrogen-bond donors (Lipinski definition) is 0. The van der Waals surface area contributed by atoms with Crippen molar-refractivity contribution >= 4 is 34.6 Å². The van der Waals surface area contributed by atoms with Crippen molar-refractivity contribution in [3.8, 4) is 0 Å². The van der Waals surface area contributed by atoms with Crippen LogP contribution in [0.5, 0.6) is 0 Å². The van der Waals surface area contributed by atoms with Crippen LogP contribution in [0.25, 0.3) is 11.1 Å². The van der Waals surface area contributed by atoms with Gasteiger partial charge in [-0.1, -0.05) is 36.0 Å².